The Morgan fingerprint density at radius 2 is 1.83 bits per heavy atom. The summed E-state index contributed by atoms with van der Waals surface area (Å²) in [5, 5.41) is 10.6. The standard InChI is InChI=1S/C13H20ClNO3/c1-7(2)11(15)12(16)8-5-6-9(17-3)13(18-4)10(8)14/h5-7,11-12,16H,15H2,1-4H3. The van der Waals surface area contributed by atoms with Crippen LogP contribution < -0.4 is 15.2 Å². The molecule has 1 aromatic rings. The Bertz CT molecular complexity index is 409. The van der Waals surface area contributed by atoms with E-state index >= 15 is 0 Å². The van der Waals surface area contributed by atoms with E-state index in [0.29, 0.717) is 22.1 Å². The molecule has 0 saturated carbocycles. The number of nitrogens with two attached hydrogens (primary N) is 1. The number of halogens is 1. The molecule has 4 nitrogen and oxygen atoms in total. The van der Waals surface area contributed by atoms with Crippen molar-refractivity contribution < 1.29 is 14.6 Å². The van der Waals surface area contributed by atoms with Gasteiger partial charge >= 0.3 is 0 Å². The summed E-state index contributed by atoms with van der Waals surface area (Å²) < 4.78 is 10.3. The molecular weight excluding hydrogens is 254 g/mol. The van der Waals surface area contributed by atoms with Crippen LogP contribution in [0.1, 0.15) is 25.5 Å². The average Bonchev–Trinajstić information content (AvgIpc) is 2.36. The molecule has 0 aliphatic carbocycles. The lowest BCUT2D eigenvalue weighted by atomic mass is 9.94. The van der Waals surface area contributed by atoms with E-state index in [-0.39, 0.29) is 12.0 Å². The molecule has 0 saturated heterocycles. The molecule has 2 atom stereocenters. The first-order valence-electron chi connectivity index (χ1n) is 5.78. The maximum Gasteiger partial charge on any atom is 0.179 e. The van der Waals surface area contributed by atoms with Gasteiger partial charge in [-0.1, -0.05) is 31.5 Å². The highest BCUT2D eigenvalue weighted by molar-refractivity contribution is 6.33. The summed E-state index contributed by atoms with van der Waals surface area (Å²) in [7, 11) is 3.03. The summed E-state index contributed by atoms with van der Waals surface area (Å²) in [5.41, 5.74) is 6.49. The predicted molar refractivity (Wildman–Crippen MR) is 72.3 cm³/mol. The van der Waals surface area contributed by atoms with E-state index in [1.165, 1.54) is 14.2 Å². The molecule has 0 aliphatic heterocycles. The Balaban J connectivity index is 3.18. The number of hydrogen-bond acceptors (Lipinski definition) is 4. The molecule has 0 radical (unpaired) electrons. The summed E-state index contributed by atoms with van der Waals surface area (Å²) in [4.78, 5) is 0. The summed E-state index contributed by atoms with van der Waals surface area (Å²) in [6.07, 6.45) is -0.836. The monoisotopic (exact) mass is 273 g/mol. The zero-order valence-corrected chi connectivity index (χ0v) is 11.9. The Kier molecular flexibility index (Phi) is 5.26. The van der Waals surface area contributed by atoms with E-state index in [1.807, 2.05) is 13.8 Å². The van der Waals surface area contributed by atoms with Gasteiger partial charge < -0.3 is 20.3 Å². The molecule has 1 aromatic carbocycles. The molecule has 1 rings (SSSR count). The zero-order chi connectivity index (χ0) is 13.9. The number of benzene rings is 1. The first-order valence-corrected chi connectivity index (χ1v) is 6.15. The lowest BCUT2D eigenvalue weighted by Crippen LogP contribution is -2.33. The molecule has 2 unspecified atom stereocenters. The van der Waals surface area contributed by atoms with Gasteiger partial charge in [-0.2, -0.15) is 0 Å². The van der Waals surface area contributed by atoms with Crippen molar-refractivity contribution in [3.05, 3.63) is 22.7 Å². The molecule has 3 N–H and O–H groups in total. The van der Waals surface area contributed by atoms with Gasteiger partial charge in [0.15, 0.2) is 11.5 Å². The molecule has 5 heteroatoms. The van der Waals surface area contributed by atoms with Crippen LogP contribution in [0.4, 0.5) is 0 Å². The minimum Gasteiger partial charge on any atom is -0.493 e. The first kappa shape index (κ1) is 15.1. The summed E-state index contributed by atoms with van der Waals surface area (Å²) in [6.45, 7) is 3.89. The number of hydrogen-bond donors (Lipinski definition) is 2. The van der Waals surface area contributed by atoms with Crippen LogP contribution >= 0.6 is 11.6 Å². The average molecular weight is 274 g/mol. The molecule has 0 amide bonds. The third-order valence-electron chi connectivity index (χ3n) is 2.97. The van der Waals surface area contributed by atoms with Crippen molar-refractivity contribution in [1.82, 2.24) is 0 Å². The highest BCUT2D eigenvalue weighted by Gasteiger charge is 2.25. The van der Waals surface area contributed by atoms with Crippen molar-refractivity contribution in [2.75, 3.05) is 14.2 Å². The molecule has 0 heterocycles. The topological polar surface area (TPSA) is 64.7 Å². The summed E-state index contributed by atoms with van der Waals surface area (Å²) >= 11 is 6.22. The third kappa shape index (κ3) is 2.88. The first-order chi connectivity index (χ1) is 8.43. The smallest absolute Gasteiger partial charge is 0.179 e. The van der Waals surface area contributed by atoms with E-state index in [0.717, 1.165) is 0 Å². The second-order valence-corrected chi connectivity index (χ2v) is 4.85. The highest BCUT2D eigenvalue weighted by atomic mass is 35.5. The quantitative estimate of drug-likeness (QED) is 0.864. The van der Waals surface area contributed by atoms with Gasteiger partial charge in [-0.25, -0.2) is 0 Å². The fourth-order valence-electron chi connectivity index (χ4n) is 1.70. The molecule has 0 spiro atoms. The van der Waals surface area contributed by atoms with Crippen LogP contribution in [0.5, 0.6) is 11.5 Å². The van der Waals surface area contributed by atoms with Crippen molar-refractivity contribution in [2.24, 2.45) is 11.7 Å². The van der Waals surface area contributed by atoms with Gasteiger partial charge in [-0.15, -0.1) is 0 Å². The Hall–Kier alpha value is -0.970. The van der Waals surface area contributed by atoms with E-state index in [2.05, 4.69) is 0 Å². The number of aliphatic hydroxyl groups excluding tert-OH is 1. The van der Waals surface area contributed by atoms with Crippen LogP contribution in [0.3, 0.4) is 0 Å². The molecule has 0 bridgehead atoms. The van der Waals surface area contributed by atoms with E-state index in [9.17, 15) is 5.11 Å². The lowest BCUT2D eigenvalue weighted by Gasteiger charge is -2.24. The van der Waals surface area contributed by atoms with Gasteiger partial charge in [0.25, 0.3) is 0 Å². The van der Waals surface area contributed by atoms with Crippen LogP contribution in [0.15, 0.2) is 12.1 Å². The van der Waals surface area contributed by atoms with Crippen LogP contribution in [0.25, 0.3) is 0 Å². The number of methoxy groups -OCH3 is 2. The van der Waals surface area contributed by atoms with Crippen LogP contribution in [-0.2, 0) is 0 Å². The van der Waals surface area contributed by atoms with Gasteiger partial charge in [-0.3, -0.25) is 0 Å². The van der Waals surface area contributed by atoms with E-state index in [4.69, 9.17) is 26.8 Å². The normalized spacial score (nSPS) is 14.4. The molecule has 18 heavy (non-hydrogen) atoms. The molecule has 0 aromatic heterocycles. The second kappa shape index (κ2) is 6.27. The van der Waals surface area contributed by atoms with Crippen LogP contribution in [0, 0.1) is 5.92 Å². The van der Waals surface area contributed by atoms with Crippen LogP contribution in [-0.4, -0.2) is 25.4 Å². The van der Waals surface area contributed by atoms with Gasteiger partial charge in [-0.05, 0) is 12.0 Å². The summed E-state index contributed by atoms with van der Waals surface area (Å²) in [5.74, 6) is 1.08. The van der Waals surface area contributed by atoms with Gasteiger partial charge in [0.1, 0.15) is 0 Å². The minimum absolute atomic E-state index is 0.143. The molecule has 102 valence electrons. The number of ether oxygens (including phenoxy) is 2. The molecular formula is C13H20ClNO3. The SMILES string of the molecule is COc1ccc(C(O)C(N)C(C)C)c(Cl)c1OC. The largest absolute Gasteiger partial charge is 0.493 e. The Labute approximate surface area is 113 Å². The van der Waals surface area contributed by atoms with Gasteiger partial charge in [0.2, 0.25) is 0 Å². The van der Waals surface area contributed by atoms with Crippen LogP contribution in [0.2, 0.25) is 5.02 Å². The van der Waals surface area contributed by atoms with Crippen molar-refractivity contribution >= 4 is 11.6 Å². The lowest BCUT2D eigenvalue weighted by molar-refractivity contribution is 0.125. The maximum absolute atomic E-state index is 10.2. The Morgan fingerprint density at radius 3 is 2.28 bits per heavy atom. The van der Waals surface area contributed by atoms with Crippen molar-refractivity contribution in [2.45, 2.75) is 26.0 Å². The zero-order valence-electron chi connectivity index (χ0n) is 11.1. The third-order valence-corrected chi connectivity index (χ3v) is 3.36. The van der Waals surface area contributed by atoms with E-state index in [1.54, 1.807) is 12.1 Å². The number of aliphatic hydroxyl groups is 1. The van der Waals surface area contributed by atoms with Gasteiger partial charge in [0, 0.05) is 11.6 Å². The maximum atomic E-state index is 10.2. The van der Waals surface area contributed by atoms with E-state index < -0.39 is 6.10 Å². The fourth-order valence-corrected chi connectivity index (χ4v) is 2.05. The predicted octanol–water partition coefficient (Wildman–Crippen LogP) is 2.37. The van der Waals surface area contributed by atoms with Crippen molar-refractivity contribution in [1.29, 1.82) is 0 Å². The minimum atomic E-state index is -0.836. The van der Waals surface area contributed by atoms with Gasteiger partial charge in [0.05, 0.1) is 25.3 Å². The van der Waals surface area contributed by atoms with Crippen molar-refractivity contribution in [3.8, 4) is 11.5 Å². The molecule has 0 fully saturated rings. The second-order valence-electron chi connectivity index (χ2n) is 4.47. The fraction of sp³-hybridized carbons (Fsp3) is 0.538. The molecule has 0 aliphatic rings. The number of rotatable bonds is 5. The van der Waals surface area contributed by atoms with Crippen molar-refractivity contribution in [3.63, 3.8) is 0 Å². The Morgan fingerprint density at radius 1 is 1.22 bits per heavy atom. The summed E-state index contributed by atoms with van der Waals surface area (Å²) in [6, 6.07) is 3.02. The highest BCUT2D eigenvalue weighted by Crippen LogP contribution is 2.40.